The number of hydrogen-bond donors (Lipinski definition) is 1. The van der Waals surface area contributed by atoms with Crippen LogP contribution in [0, 0.1) is 6.92 Å². The Kier molecular flexibility index (Phi) is 3.34. The number of rotatable bonds is 4. The highest BCUT2D eigenvalue weighted by atomic mass is 32.2. The highest BCUT2D eigenvalue weighted by Crippen LogP contribution is 2.17. The molecule has 0 aliphatic rings. The SMILES string of the molecule is Cc1onc2c(=O)n(CCS(C)(=O)=O)nc(C(=O)O)c12. The highest BCUT2D eigenvalue weighted by molar-refractivity contribution is 7.90. The van der Waals surface area contributed by atoms with Gasteiger partial charge in [0, 0.05) is 6.26 Å². The predicted octanol–water partition coefficient (Wildman–Crippen LogP) is -0.564. The Morgan fingerprint density at radius 2 is 2.10 bits per heavy atom. The number of carboxylic acid groups (broad SMARTS) is 1. The maximum absolute atomic E-state index is 12.0. The fourth-order valence-corrected chi connectivity index (χ4v) is 2.19. The smallest absolute Gasteiger partial charge is 0.357 e. The Morgan fingerprint density at radius 1 is 1.45 bits per heavy atom. The van der Waals surface area contributed by atoms with Crippen LogP contribution in [0.4, 0.5) is 0 Å². The first-order valence-corrected chi connectivity index (χ1v) is 7.55. The van der Waals surface area contributed by atoms with Gasteiger partial charge in [0.2, 0.25) is 0 Å². The second kappa shape index (κ2) is 4.71. The van der Waals surface area contributed by atoms with Gasteiger partial charge < -0.3 is 9.63 Å². The van der Waals surface area contributed by atoms with E-state index >= 15 is 0 Å². The summed E-state index contributed by atoms with van der Waals surface area (Å²) in [6.07, 6.45) is 1.01. The Balaban J connectivity index is 2.66. The summed E-state index contributed by atoms with van der Waals surface area (Å²) in [6, 6.07) is 0. The third-order valence-corrected chi connectivity index (χ3v) is 3.56. The van der Waals surface area contributed by atoms with Crippen molar-refractivity contribution in [3.8, 4) is 0 Å². The Bertz CT molecular complexity index is 848. The Morgan fingerprint density at radius 3 is 2.65 bits per heavy atom. The van der Waals surface area contributed by atoms with Crippen LogP contribution in [0.5, 0.6) is 0 Å². The van der Waals surface area contributed by atoms with E-state index in [2.05, 4.69) is 10.3 Å². The van der Waals surface area contributed by atoms with Crippen LogP contribution in [-0.2, 0) is 16.4 Å². The molecule has 2 aromatic rings. The lowest BCUT2D eigenvalue weighted by atomic mass is 10.2. The van der Waals surface area contributed by atoms with Gasteiger partial charge in [0.15, 0.2) is 11.2 Å². The number of aromatic nitrogens is 3. The standard InChI is InChI=1S/C10H11N3O6S/c1-5-6-7(12-19-5)9(14)13(3-4-20(2,17)18)11-8(6)10(15)16/h3-4H2,1-2H3,(H,15,16). The molecule has 10 heteroatoms. The second-order valence-electron chi connectivity index (χ2n) is 4.27. The summed E-state index contributed by atoms with van der Waals surface area (Å²) in [5.74, 6) is -1.52. The summed E-state index contributed by atoms with van der Waals surface area (Å²) in [4.78, 5) is 23.2. The lowest BCUT2D eigenvalue weighted by Gasteiger charge is -2.05. The number of nitrogens with zero attached hydrogens (tertiary/aromatic N) is 3. The zero-order chi connectivity index (χ0) is 15.1. The predicted molar refractivity (Wildman–Crippen MR) is 67.5 cm³/mol. The molecular formula is C10H11N3O6S. The summed E-state index contributed by atoms with van der Waals surface area (Å²) in [6.45, 7) is 1.21. The molecule has 0 aromatic carbocycles. The lowest BCUT2D eigenvalue weighted by molar-refractivity contribution is 0.0690. The van der Waals surface area contributed by atoms with E-state index < -0.39 is 27.1 Å². The highest BCUT2D eigenvalue weighted by Gasteiger charge is 2.22. The van der Waals surface area contributed by atoms with Crippen LogP contribution < -0.4 is 5.56 Å². The number of sulfone groups is 1. The quantitative estimate of drug-likeness (QED) is 0.794. The molecule has 0 radical (unpaired) electrons. The minimum atomic E-state index is -3.31. The minimum absolute atomic E-state index is 0.0260. The molecule has 0 saturated heterocycles. The van der Waals surface area contributed by atoms with Crippen molar-refractivity contribution in [2.45, 2.75) is 13.5 Å². The molecule has 2 aromatic heterocycles. The van der Waals surface area contributed by atoms with Crippen molar-refractivity contribution in [3.05, 3.63) is 21.8 Å². The van der Waals surface area contributed by atoms with E-state index in [1.54, 1.807) is 0 Å². The number of carbonyl (C=O) groups is 1. The molecular weight excluding hydrogens is 290 g/mol. The molecule has 1 N–H and O–H groups in total. The monoisotopic (exact) mass is 301 g/mol. The van der Waals surface area contributed by atoms with Crippen LogP contribution in [0.2, 0.25) is 0 Å². The van der Waals surface area contributed by atoms with E-state index in [1.165, 1.54) is 6.92 Å². The number of aryl methyl sites for hydroxylation is 2. The molecule has 0 aliphatic heterocycles. The van der Waals surface area contributed by atoms with Crippen LogP contribution in [0.25, 0.3) is 10.9 Å². The zero-order valence-electron chi connectivity index (χ0n) is 10.7. The minimum Gasteiger partial charge on any atom is -0.476 e. The van der Waals surface area contributed by atoms with Crippen molar-refractivity contribution in [3.63, 3.8) is 0 Å². The Hall–Kier alpha value is -2.23. The molecule has 0 aliphatic carbocycles. The molecule has 2 rings (SSSR count). The molecule has 9 nitrogen and oxygen atoms in total. The topological polar surface area (TPSA) is 132 Å². The maximum atomic E-state index is 12.0. The number of hydrogen-bond acceptors (Lipinski definition) is 7. The van der Waals surface area contributed by atoms with Gasteiger partial charge in [-0.05, 0) is 6.92 Å². The van der Waals surface area contributed by atoms with Gasteiger partial charge >= 0.3 is 5.97 Å². The Labute approximate surface area is 112 Å². The van der Waals surface area contributed by atoms with Gasteiger partial charge in [-0.1, -0.05) is 5.16 Å². The normalized spacial score (nSPS) is 11.9. The van der Waals surface area contributed by atoms with Gasteiger partial charge in [-0.3, -0.25) is 4.79 Å². The van der Waals surface area contributed by atoms with Crippen molar-refractivity contribution in [2.24, 2.45) is 0 Å². The summed E-state index contributed by atoms with van der Waals surface area (Å²) < 4.78 is 27.8. The average Bonchev–Trinajstić information content (AvgIpc) is 2.70. The summed E-state index contributed by atoms with van der Waals surface area (Å²) in [7, 11) is -3.31. The molecule has 0 amide bonds. The van der Waals surface area contributed by atoms with E-state index in [9.17, 15) is 18.0 Å². The van der Waals surface area contributed by atoms with E-state index in [1.807, 2.05) is 0 Å². The van der Waals surface area contributed by atoms with Crippen LogP contribution in [0.1, 0.15) is 16.2 Å². The van der Waals surface area contributed by atoms with E-state index in [0.29, 0.717) is 0 Å². The van der Waals surface area contributed by atoms with E-state index in [-0.39, 0.29) is 29.0 Å². The third kappa shape index (κ3) is 2.54. The molecule has 0 bridgehead atoms. The first-order chi connectivity index (χ1) is 9.20. The van der Waals surface area contributed by atoms with Crippen LogP contribution in [-0.4, -0.2) is 46.4 Å². The number of fused-ring (bicyclic) bond motifs is 1. The van der Waals surface area contributed by atoms with Crippen LogP contribution >= 0.6 is 0 Å². The largest absolute Gasteiger partial charge is 0.476 e. The molecule has 0 unspecified atom stereocenters. The number of aromatic carboxylic acids is 1. The molecule has 0 atom stereocenters. The van der Waals surface area contributed by atoms with Gasteiger partial charge in [-0.25, -0.2) is 17.9 Å². The molecule has 0 fully saturated rings. The lowest BCUT2D eigenvalue weighted by Crippen LogP contribution is -2.28. The van der Waals surface area contributed by atoms with Crippen LogP contribution in [0.3, 0.4) is 0 Å². The van der Waals surface area contributed by atoms with Crippen molar-refractivity contribution in [1.29, 1.82) is 0 Å². The molecule has 2 heterocycles. The van der Waals surface area contributed by atoms with Crippen molar-refractivity contribution >= 4 is 26.7 Å². The molecule has 108 valence electrons. The fraction of sp³-hybridized carbons (Fsp3) is 0.400. The summed E-state index contributed by atoms with van der Waals surface area (Å²) >= 11 is 0. The van der Waals surface area contributed by atoms with Gasteiger partial charge in [-0.2, -0.15) is 5.10 Å². The second-order valence-corrected chi connectivity index (χ2v) is 6.53. The summed E-state index contributed by atoms with van der Waals surface area (Å²) in [5, 5.41) is 16.3. The zero-order valence-corrected chi connectivity index (χ0v) is 11.5. The van der Waals surface area contributed by atoms with Gasteiger partial charge in [-0.15, -0.1) is 0 Å². The third-order valence-electron chi connectivity index (χ3n) is 2.63. The van der Waals surface area contributed by atoms with Gasteiger partial charge in [0.1, 0.15) is 15.6 Å². The molecule has 20 heavy (non-hydrogen) atoms. The maximum Gasteiger partial charge on any atom is 0.357 e. The van der Waals surface area contributed by atoms with Gasteiger partial charge in [0.25, 0.3) is 5.56 Å². The van der Waals surface area contributed by atoms with Crippen molar-refractivity contribution < 1.29 is 22.8 Å². The van der Waals surface area contributed by atoms with Gasteiger partial charge in [0.05, 0.1) is 17.7 Å². The average molecular weight is 301 g/mol. The van der Waals surface area contributed by atoms with Crippen molar-refractivity contribution in [2.75, 3.05) is 12.0 Å². The van der Waals surface area contributed by atoms with Crippen LogP contribution in [0.15, 0.2) is 9.32 Å². The fourth-order valence-electron chi connectivity index (χ4n) is 1.69. The van der Waals surface area contributed by atoms with E-state index in [4.69, 9.17) is 9.63 Å². The first kappa shape index (κ1) is 14.2. The van der Waals surface area contributed by atoms with Crippen molar-refractivity contribution in [1.82, 2.24) is 14.9 Å². The first-order valence-electron chi connectivity index (χ1n) is 5.49. The summed E-state index contributed by atoms with van der Waals surface area (Å²) in [5.41, 5.74) is -1.26. The number of carboxylic acids is 1. The van der Waals surface area contributed by atoms with E-state index in [0.717, 1.165) is 10.9 Å². The molecule has 0 saturated carbocycles. The molecule has 0 spiro atoms.